The molecule has 1 aliphatic rings. The van der Waals surface area contributed by atoms with Gasteiger partial charge in [0, 0.05) is 5.71 Å². The summed E-state index contributed by atoms with van der Waals surface area (Å²) in [6.45, 7) is 2.51. The van der Waals surface area contributed by atoms with Crippen molar-refractivity contribution in [1.82, 2.24) is 5.32 Å². The summed E-state index contributed by atoms with van der Waals surface area (Å²) in [5.41, 5.74) is 2.52. The third kappa shape index (κ3) is 3.63. The molecule has 0 bridgehead atoms. The Morgan fingerprint density at radius 1 is 1.25 bits per heavy atom. The zero-order valence-electron chi connectivity index (χ0n) is 13.5. The first-order chi connectivity index (χ1) is 11.6. The van der Waals surface area contributed by atoms with Crippen LogP contribution in [0, 0.1) is 5.92 Å². The average molecular weight is 324 g/mol. The number of phenolic OH excluding ortho intramolecular Hbond substituents is 1. The Hall–Kier alpha value is -2.66. The van der Waals surface area contributed by atoms with Crippen LogP contribution in [0.2, 0.25) is 0 Å². The van der Waals surface area contributed by atoms with Gasteiger partial charge in [0.15, 0.2) is 0 Å². The average Bonchev–Trinajstić information content (AvgIpc) is 2.60. The first-order valence-corrected chi connectivity index (χ1v) is 7.89. The molecule has 24 heavy (non-hydrogen) atoms. The van der Waals surface area contributed by atoms with E-state index in [1.54, 1.807) is 18.2 Å². The summed E-state index contributed by atoms with van der Waals surface area (Å²) in [7, 11) is 0. The second-order valence-electron chi connectivity index (χ2n) is 5.81. The van der Waals surface area contributed by atoms with E-state index in [0.29, 0.717) is 6.67 Å². The number of rotatable bonds is 4. The standard InChI is InChI=1S/C19H20N2O3/c1-13-17(19(23)24-11-14-6-3-2-4-7-14)18(21-12-20-13)15-8-5-9-16(22)10-15/h2-10,17-18,21-22H,11-12H2,1H3. The number of phenols is 1. The van der Waals surface area contributed by atoms with Gasteiger partial charge in [-0.1, -0.05) is 42.5 Å². The number of carbonyl (C=O) groups is 1. The molecule has 1 heterocycles. The molecule has 0 radical (unpaired) electrons. The normalized spacial score (nSPS) is 20.3. The van der Waals surface area contributed by atoms with E-state index in [9.17, 15) is 9.90 Å². The van der Waals surface area contributed by atoms with E-state index < -0.39 is 5.92 Å². The van der Waals surface area contributed by atoms with Gasteiger partial charge in [0.05, 0.1) is 12.7 Å². The van der Waals surface area contributed by atoms with Crippen LogP contribution in [0.1, 0.15) is 24.1 Å². The van der Waals surface area contributed by atoms with Crippen LogP contribution in [0.4, 0.5) is 0 Å². The van der Waals surface area contributed by atoms with Crippen molar-refractivity contribution < 1.29 is 14.6 Å². The zero-order chi connectivity index (χ0) is 16.9. The van der Waals surface area contributed by atoms with Gasteiger partial charge < -0.3 is 9.84 Å². The molecule has 0 saturated carbocycles. The Balaban J connectivity index is 1.78. The lowest BCUT2D eigenvalue weighted by Gasteiger charge is -2.30. The summed E-state index contributed by atoms with van der Waals surface area (Å²) < 4.78 is 5.50. The molecule has 2 atom stereocenters. The number of hydrogen-bond acceptors (Lipinski definition) is 5. The molecule has 124 valence electrons. The summed E-state index contributed by atoms with van der Waals surface area (Å²) in [4.78, 5) is 17.0. The van der Waals surface area contributed by atoms with E-state index in [4.69, 9.17) is 4.74 Å². The number of nitrogens with one attached hydrogen (secondary N) is 1. The van der Waals surface area contributed by atoms with Crippen molar-refractivity contribution in [1.29, 1.82) is 0 Å². The van der Waals surface area contributed by atoms with Gasteiger partial charge >= 0.3 is 5.97 Å². The Morgan fingerprint density at radius 2 is 2.04 bits per heavy atom. The maximum absolute atomic E-state index is 12.6. The molecule has 0 aromatic heterocycles. The van der Waals surface area contributed by atoms with Crippen LogP contribution in [0.3, 0.4) is 0 Å². The van der Waals surface area contributed by atoms with Gasteiger partial charge in [-0.05, 0) is 30.2 Å². The van der Waals surface area contributed by atoms with E-state index in [2.05, 4.69) is 10.3 Å². The zero-order valence-corrected chi connectivity index (χ0v) is 13.5. The van der Waals surface area contributed by atoms with E-state index in [0.717, 1.165) is 16.8 Å². The molecular weight excluding hydrogens is 304 g/mol. The fraction of sp³-hybridized carbons (Fsp3) is 0.263. The van der Waals surface area contributed by atoms with Crippen LogP contribution in [-0.4, -0.2) is 23.5 Å². The summed E-state index contributed by atoms with van der Waals surface area (Å²) in [6.07, 6.45) is 0. The summed E-state index contributed by atoms with van der Waals surface area (Å²) in [5, 5.41) is 12.9. The maximum atomic E-state index is 12.6. The Morgan fingerprint density at radius 3 is 2.79 bits per heavy atom. The molecule has 2 N–H and O–H groups in total. The summed E-state index contributed by atoms with van der Waals surface area (Å²) in [5.74, 6) is -0.657. The monoisotopic (exact) mass is 324 g/mol. The molecule has 3 rings (SSSR count). The van der Waals surface area contributed by atoms with Crippen LogP contribution in [0.15, 0.2) is 59.6 Å². The Labute approximate surface area is 141 Å². The number of nitrogens with zero attached hydrogens (tertiary/aromatic N) is 1. The van der Waals surface area contributed by atoms with Crippen LogP contribution >= 0.6 is 0 Å². The second kappa shape index (κ2) is 7.27. The molecule has 5 nitrogen and oxygen atoms in total. The lowest BCUT2D eigenvalue weighted by Crippen LogP contribution is -2.42. The minimum atomic E-state index is -0.510. The minimum absolute atomic E-state index is 0.172. The van der Waals surface area contributed by atoms with Crippen LogP contribution < -0.4 is 5.32 Å². The highest BCUT2D eigenvalue weighted by Crippen LogP contribution is 2.29. The second-order valence-corrected chi connectivity index (χ2v) is 5.81. The summed E-state index contributed by atoms with van der Waals surface area (Å²) >= 11 is 0. The van der Waals surface area contributed by atoms with Gasteiger partial charge in [0.25, 0.3) is 0 Å². The van der Waals surface area contributed by atoms with Gasteiger partial charge in [-0.2, -0.15) is 0 Å². The number of esters is 1. The number of benzene rings is 2. The molecule has 2 unspecified atom stereocenters. The highest BCUT2D eigenvalue weighted by molar-refractivity contribution is 6.02. The van der Waals surface area contributed by atoms with E-state index in [1.165, 1.54) is 0 Å². The van der Waals surface area contributed by atoms with Crippen molar-refractivity contribution in [2.75, 3.05) is 6.67 Å². The number of aromatic hydroxyl groups is 1. The lowest BCUT2D eigenvalue weighted by molar-refractivity contribution is -0.148. The quantitative estimate of drug-likeness (QED) is 0.849. The minimum Gasteiger partial charge on any atom is -0.508 e. The molecule has 1 aliphatic heterocycles. The third-order valence-corrected chi connectivity index (χ3v) is 4.13. The smallest absolute Gasteiger partial charge is 0.316 e. The van der Waals surface area contributed by atoms with Crippen molar-refractivity contribution in [3.63, 3.8) is 0 Å². The van der Waals surface area contributed by atoms with Crippen LogP contribution in [0.25, 0.3) is 0 Å². The molecule has 0 amide bonds. The fourth-order valence-corrected chi connectivity index (χ4v) is 2.88. The molecular formula is C19H20N2O3. The predicted octanol–water partition coefficient (Wildman–Crippen LogP) is 2.81. The van der Waals surface area contributed by atoms with Crippen LogP contribution in [0.5, 0.6) is 5.75 Å². The molecule has 5 heteroatoms. The number of aliphatic imine (C=N–C) groups is 1. The Bertz CT molecular complexity index is 743. The summed E-state index contributed by atoms with van der Waals surface area (Å²) in [6, 6.07) is 16.2. The first kappa shape index (κ1) is 16.2. The van der Waals surface area contributed by atoms with Crippen molar-refractivity contribution in [3.8, 4) is 5.75 Å². The van der Waals surface area contributed by atoms with Crippen LogP contribution in [-0.2, 0) is 16.1 Å². The third-order valence-electron chi connectivity index (χ3n) is 4.13. The SMILES string of the molecule is CC1=NCNC(c2cccc(O)c2)C1C(=O)OCc1ccccc1. The molecule has 2 aromatic carbocycles. The highest BCUT2D eigenvalue weighted by Gasteiger charge is 2.35. The van der Waals surface area contributed by atoms with Gasteiger partial charge in [-0.15, -0.1) is 0 Å². The van der Waals surface area contributed by atoms with Crippen molar-refractivity contribution in [3.05, 3.63) is 65.7 Å². The number of hydrogen-bond donors (Lipinski definition) is 2. The molecule has 0 aliphatic carbocycles. The van der Waals surface area contributed by atoms with Gasteiger partial charge in [0.1, 0.15) is 18.3 Å². The first-order valence-electron chi connectivity index (χ1n) is 7.89. The maximum Gasteiger partial charge on any atom is 0.316 e. The van der Waals surface area contributed by atoms with Gasteiger partial charge in [0.2, 0.25) is 0 Å². The van der Waals surface area contributed by atoms with Crippen molar-refractivity contribution in [2.45, 2.75) is 19.6 Å². The molecule has 0 spiro atoms. The van der Waals surface area contributed by atoms with Crippen molar-refractivity contribution >= 4 is 11.7 Å². The fourth-order valence-electron chi connectivity index (χ4n) is 2.88. The van der Waals surface area contributed by atoms with Gasteiger partial charge in [-0.3, -0.25) is 15.1 Å². The predicted molar refractivity (Wildman–Crippen MR) is 91.7 cm³/mol. The highest BCUT2D eigenvalue weighted by atomic mass is 16.5. The largest absolute Gasteiger partial charge is 0.508 e. The van der Waals surface area contributed by atoms with E-state index in [-0.39, 0.29) is 24.4 Å². The van der Waals surface area contributed by atoms with Gasteiger partial charge in [-0.25, -0.2) is 0 Å². The number of carbonyl (C=O) groups excluding carboxylic acids is 1. The molecule has 0 saturated heterocycles. The topological polar surface area (TPSA) is 70.9 Å². The van der Waals surface area contributed by atoms with Crippen molar-refractivity contribution in [2.24, 2.45) is 10.9 Å². The lowest BCUT2D eigenvalue weighted by atomic mass is 9.88. The molecule has 0 fully saturated rings. The molecule has 2 aromatic rings. The van der Waals surface area contributed by atoms with E-state index >= 15 is 0 Å². The number of ether oxygens (including phenoxy) is 1. The Kier molecular flexibility index (Phi) is 4.91. The van der Waals surface area contributed by atoms with E-state index in [1.807, 2.05) is 43.3 Å².